The zero-order valence-electron chi connectivity index (χ0n) is 11.0. The van der Waals surface area contributed by atoms with Gasteiger partial charge in [-0.3, -0.25) is 0 Å². The summed E-state index contributed by atoms with van der Waals surface area (Å²) in [5.41, 5.74) is 6.21. The number of halogens is 1. The molecule has 3 N–H and O–H groups in total. The highest BCUT2D eigenvalue weighted by atomic mass is 19.1. The summed E-state index contributed by atoms with van der Waals surface area (Å²) in [6.07, 6.45) is 4.83. The van der Waals surface area contributed by atoms with Crippen LogP contribution in [0.1, 0.15) is 36.0 Å². The Balaban J connectivity index is 2.12. The molecule has 1 aromatic carbocycles. The molecule has 0 amide bonds. The number of nitrogen functional groups attached to an aromatic ring is 1. The van der Waals surface area contributed by atoms with Crippen molar-refractivity contribution >= 4 is 17.3 Å². The Morgan fingerprint density at radius 1 is 1.47 bits per heavy atom. The van der Waals surface area contributed by atoms with E-state index in [1.54, 1.807) is 0 Å². The summed E-state index contributed by atoms with van der Waals surface area (Å²) < 4.78 is 18.4. The first kappa shape index (κ1) is 13.6. The Morgan fingerprint density at radius 3 is 2.79 bits per heavy atom. The van der Waals surface area contributed by atoms with Crippen LogP contribution in [0.2, 0.25) is 0 Å². The lowest BCUT2D eigenvalue weighted by molar-refractivity contribution is 0.0602. The monoisotopic (exact) mass is 266 g/mol. The van der Waals surface area contributed by atoms with Crippen molar-refractivity contribution in [2.75, 3.05) is 24.7 Å². The summed E-state index contributed by atoms with van der Waals surface area (Å²) in [5, 5.41) is 3.06. The lowest BCUT2D eigenvalue weighted by Gasteiger charge is -2.14. The van der Waals surface area contributed by atoms with E-state index in [1.807, 2.05) is 0 Å². The molecule has 0 heterocycles. The van der Waals surface area contributed by atoms with Gasteiger partial charge in [0.25, 0.3) is 0 Å². The fraction of sp³-hybridized carbons (Fsp3) is 0.500. The van der Waals surface area contributed by atoms with Gasteiger partial charge < -0.3 is 15.8 Å². The molecule has 19 heavy (non-hydrogen) atoms. The number of rotatable bonds is 4. The van der Waals surface area contributed by atoms with Gasteiger partial charge in [0.05, 0.1) is 18.4 Å². The molecular weight excluding hydrogens is 247 g/mol. The maximum absolute atomic E-state index is 13.8. The summed E-state index contributed by atoms with van der Waals surface area (Å²) in [4.78, 5) is 11.5. The third-order valence-electron chi connectivity index (χ3n) is 3.60. The standard InChI is InChI=1S/C14H19FN2O2/c1-19-14(18)10-6-13(11(15)7-12(10)16)17-8-9-4-2-3-5-9/h6-7,9,17H,2-5,8,16H2,1H3. The number of nitrogens with two attached hydrogens (primary N) is 1. The quantitative estimate of drug-likeness (QED) is 0.649. The molecule has 1 aliphatic carbocycles. The van der Waals surface area contributed by atoms with Crippen molar-refractivity contribution in [1.82, 2.24) is 0 Å². The van der Waals surface area contributed by atoms with E-state index in [2.05, 4.69) is 10.1 Å². The Labute approximate surface area is 112 Å². The minimum atomic E-state index is -0.554. The molecule has 0 spiro atoms. The molecular formula is C14H19FN2O2. The summed E-state index contributed by atoms with van der Waals surface area (Å²) in [6.45, 7) is 0.724. The molecule has 0 bridgehead atoms. The highest BCUT2D eigenvalue weighted by Gasteiger charge is 2.17. The van der Waals surface area contributed by atoms with Crippen molar-refractivity contribution in [3.05, 3.63) is 23.5 Å². The molecule has 1 aromatic rings. The van der Waals surface area contributed by atoms with Crippen LogP contribution >= 0.6 is 0 Å². The van der Waals surface area contributed by atoms with E-state index in [0.717, 1.165) is 12.6 Å². The molecule has 1 fully saturated rings. The van der Waals surface area contributed by atoms with Crippen molar-refractivity contribution in [2.24, 2.45) is 5.92 Å². The topological polar surface area (TPSA) is 64.3 Å². The molecule has 0 saturated heterocycles. The molecule has 0 aliphatic heterocycles. The zero-order valence-corrected chi connectivity index (χ0v) is 11.0. The van der Waals surface area contributed by atoms with Crippen LogP contribution in [0.3, 0.4) is 0 Å². The second-order valence-electron chi connectivity index (χ2n) is 4.94. The van der Waals surface area contributed by atoms with Gasteiger partial charge in [0.15, 0.2) is 0 Å². The van der Waals surface area contributed by atoms with E-state index in [9.17, 15) is 9.18 Å². The van der Waals surface area contributed by atoms with E-state index in [0.29, 0.717) is 11.6 Å². The van der Waals surface area contributed by atoms with Crippen molar-refractivity contribution < 1.29 is 13.9 Å². The number of methoxy groups -OCH3 is 1. The van der Waals surface area contributed by atoms with Crippen molar-refractivity contribution in [3.63, 3.8) is 0 Å². The molecule has 0 atom stereocenters. The van der Waals surface area contributed by atoms with Gasteiger partial charge >= 0.3 is 5.97 Å². The molecule has 1 aliphatic rings. The van der Waals surface area contributed by atoms with Crippen LogP contribution in [0.25, 0.3) is 0 Å². The number of hydrogen-bond donors (Lipinski definition) is 2. The summed E-state index contributed by atoms with van der Waals surface area (Å²) in [7, 11) is 1.27. The first-order valence-corrected chi connectivity index (χ1v) is 6.53. The van der Waals surface area contributed by atoms with E-state index in [4.69, 9.17) is 5.73 Å². The third kappa shape index (κ3) is 3.16. The highest BCUT2D eigenvalue weighted by molar-refractivity contribution is 5.96. The van der Waals surface area contributed by atoms with E-state index in [-0.39, 0.29) is 11.3 Å². The smallest absolute Gasteiger partial charge is 0.340 e. The molecule has 4 nitrogen and oxygen atoms in total. The predicted molar refractivity (Wildman–Crippen MR) is 72.6 cm³/mol. The SMILES string of the molecule is COC(=O)c1cc(NCC2CCCC2)c(F)cc1N. The molecule has 2 rings (SSSR count). The van der Waals surface area contributed by atoms with Gasteiger partial charge in [-0.2, -0.15) is 0 Å². The molecule has 5 heteroatoms. The van der Waals surface area contributed by atoms with Gasteiger partial charge in [0, 0.05) is 12.2 Å². The van der Waals surface area contributed by atoms with Gasteiger partial charge in [0.2, 0.25) is 0 Å². The summed E-state index contributed by atoms with van der Waals surface area (Å²) in [5.74, 6) is -0.414. The molecule has 0 unspecified atom stereocenters. The van der Waals surface area contributed by atoms with Crippen LogP contribution in [0.15, 0.2) is 12.1 Å². The van der Waals surface area contributed by atoms with E-state index >= 15 is 0 Å². The number of ether oxygens (including phenoxy) is 1. The molecule has 1 saturated carbocycles. The van der Waals surface area contributed by atoms with Gasteiger partial charge in [-0.1, -0.05) is 12.8 Å². The highest BCUT2D eigenvalue weighted by Crippen LogP contribution is 2.27. The maximum Gasteiger partial charge on any atom is 0.340 e. The van der Waals surface area contributed by atoms with Crippen LogP contribution in [0, 0.1) is 11.7 Å². The van der Waals surface area contributed by atoms with Gasteiger partial charge in [-0.15, -0.1) is 0 Å². The fourth-order valence-corrected chi connectivity index (χ4v) is 2.48. The first-order valence-electron chi connectivity index (χ1n) is 6.53. The molecule has 0 radical (unpaired) electrons. The van der Waals surface area contributed by atoms with Gasteiger partial charge in [-0.05, 0) is 30.9 Å². The van der Waals surface area contributed by atoms with Gasteiger partial charge in [-0.25, -0.2) is 9.18 Å². The Morgan fingerprint density at radius 2 is 2.16 bits per heavy atom. The summed E-state index contributed by atoms with van der Waals surface area (Å²) >= 11 is 0. The third-order valence-corrected chi connectivity index (χ3v) is 3.60. The second-order valence-corrected chi connectivity index (χ2v) is 4.94. The van der Waals surface area contributed by atoms with Crippen LogP contribution in [0.4, 0.5) is 15.8 Å². The van der Waals surface area contributed by atoms with Crippen molar-refractivity contribution in [3.8, 4) is 0 Å². The van der Waals surface area contributed by atoms with Crippen LogP contribution in [-0.4, -0.2) is 19.6 Å². The molecule has 104 valence electrons. The fourth-order valence-electron chi connectivity index (χ4n) is 2.48. The minimum Gasteiger partial charge on any atom is -0.465 e. The van der Waals surface area contributed by atoms with E-state index < -0.39 is 11.8 Å². The van der Waals surface area contributed by atoms with Crippen LogP contribution < -0.4 is 11.1 Å². The largest absolute Gasteiger partial charge is 0.465 e. The second kappa shape index (κ2) is 5.91. The molecule has 0 aromatic heterocycles. The Hall–Kier alpha value is -1.78. The minimum absolute atomic E-state index is 0.0933. The Bertz CT molecular complexity index is 471. The maximum atomic E-state index is 13.8. The average Bonchev–Trinajstić information content (AvgIpc) is 2.90. The van der Waals surface area contributed by atoms with Crippen LogP contribution in [-0.2, 0) is 4.74 Å². The predicted octanol–water partition coefficient (Wildman–Crippen LogP) is 2.80. The lowest BCUT2D eigenvalue weighted by atomic mass is 10.1. The zero-order chi connectivity index (χ0) is 13.8. The van der Waals surface area contributed by atoms with Crippen LogP contribution in [0.5, 0.6) is 0 Å². The number of nitrogens with one attached hydrogen (secondary N) is 1. The normalized spacial score (nSPS) is 15.5. The summed E-state index contributed by atoms with van der Waals surface area (Å²) in [6, 6.07) is 2.58. The van der Waals surface area contributed by atoms with Gasteiger partial charge in [0.1, 0.15) is 5.82 Å². The lowest BCUT2D eigenvalue weighted by Crippen LogP contribution is -2.14. The van der Waals surface area contributed by atoms with Crippen molar-refractivity contribution in [1.29, 1.82) is 0 Å². The number of benzene rings is 1. The number of anilines is 2. The number of hydrogen-bond acceptors (Lipinski definition) is 4. The van der Waals surface area contributed by atoms with Crippen molar-refractivity contribution in [2.45, 2.75) is 25.7 Å². The first-order chi connectivity index (χ1) is 9.11. The Kier molecular flexibility index (Phi) is 4.24. The number of esters is 1. The van der Waals surface area contributed by atoms with E-state index in [1.165, 1.54) is 38.9 Å². The number of carbonyl (C=O) groups is 1. The average molecular weight is 266 g/mol. The number of carbonyl (C=O) groups excluding carboxylic acids is 1.